The van der Waals surface area contributed by atoms with Gasteiger partial charge >= 0.3 is 11.9 Å². The van der Waals surface area contributed by atoms with Crippen LogP contribution in [0.3, 0.4) is 0 Å². The molecule has 0 saturated carbocycles. The number of hydrogen-bond donors (Lipinski definition) is 0. The maximum absolute atomic E-state index is 12.4. The van der Waals surface area contributed by atoms with Gasteiger partial charge in [0.1, 0.15) is 4.88 Å². The van der Waals surface area contributed by atoms with Gasteiger partial charge in [-0.25, -0.2) is 9.59 Å². The molecule has 0 spiro atoms. The second-order valence-electron chi connectivity index (χ2n) is 5.15. The molecule has 0 unspecified atom stereocenters. The summed E-state index contributed by atoms with van der Waals surface area (Å²) >= 11 is 12.2. The Morgan fingerprint density at radius 2 is 1.73 bits per heavy atom. The van der Waals surface area contributed by atoms with E-state index in [0.717, 1.165) is 11.3 Å². The van der Waals surface area contributed by atoms with Gasteiger partial charge in [-0.1, -0.05) is 22.9 Å². The maximum Gasteiger partial charge on any atom is 0.356 e. The quantitative estimate of drug-likeness (QED) is 0.568. The van der Waals surface area contributed by atoms with Crippen LogP contribution in [-0.4, -0.2) is 54.8 Å². The van der Waals surface area contributed by atoms with Crippen molar-refractivity contribution in [3.8, 4) is 5.69 Å². The van der Waals surface area contributed by atoms with Gasteiger partial charge in [-0.3, -0.25) is 4.57 Å². The summed E-state index contributed by atoms with van der Waals surface area (Å²) in [6, 6.07) is 6.71. The van der Waals surface area contributed by atoms with Gasteiger partial charge in [0, 0.05) is 24.8 Å². The van der Waals surface area contributed by atoms with Crippen molar-refractivity contribution >= 4 is 52.2 Å². The molecule has 2 aromatic rings. The molecule has 0 aliphatic rings. The minimum Gasteiger partial charge on any atom is -0.465 e. The van der Waals surface area contributed by atoms with Crippen molar-refractivity contribution in [3.05, 3.63) is 44.7 Å². The van der Waals surface area contributed by atoms with E-state index in [9.17, 15) is 9.59 Å². The minimum atomic E-state index is -0.700. The Kier molecular flexibility index (Phi) is 6.52. The van der Waals surface area contributed by atoms with Crippen LogP contribution in [0.2, 0.25) is 5.02 Å². The van der Waals surface area contributed by atoms with Crippen LogP contribution in [0.25, 0.3) is 5.69 Å². The van der Waals surface area contributed by atoms with Gasteiger partial charge in [-0.15, -0.1) is 0 Å². The lowest BCUT2D eigenvalue weighted by atomic mass is 10.3. The van der Waals surface area contributed by atoms with Crippen molar-refractivity contribution in [2.24, 2.45) is 4.99 Å². The molecule has 138 valence electrons. The van der Waals surface area contributed by atoms with Crippen LogP contribution in [0.5, 0.6) is 0 Å². The first-order valence-electron chi connectivity index (χ1n) is 7.24. The molecule has 0 N–H and O–H groups in total. The number of benzene rings is 1. The summed E-state index contributed by atoms with van der Waals surface area (Å²) in [5.41, 5.74) is 0.577. The minimum absolute atomic E-state index is 0.00646. The average molecular weight is 414 g/mol. The summed E-state index contributed by atoms with van der Waals surface area (Å²) in [5, 5.41) is 0.807. The third-order valence-electron chi connectivity index (χ3n) is 3.23. The lowest BCUT2D eigenvalue weighted by Gasteiger charge is -2.10. The SMILES string of the molecule is COC(=O)c1sc(=NC(=S)N(C)C)n(-c2ccc(Cl)cc2)c1C(=O)OC. The van der Waals surface area contributed by atoms with Crippen LogP contribution in [0.1, 0.15) is 20.2 Å². The van der Waals surface area contributed by atoms with Crippen molar-refractivity contribution in [3.63, 3.8) is 0 Å². The molecule has 0 fully saturated rings. The fourth-order valence-electron chi connectivity index (χ4n) is 1.98. The van der Waals surface area contributed by atoms with E-state index >= 15 is 0 Å². The molecule has 0 radical (unpaired) electrons. The highest BCUT2D eigenvalue weighted by Crippen LogP contribution is 2.21. The van der Waals surface area contributed by atoms with E-state index in [2.05, 4.69) is 4.99 Å². The van der Waals surface area contributed by atoms with E-state index in [1.165, 1.54) is 18.8 Å². The summed E-state index contributed by atoms with van der Waals surface area (Å²) in [7, 11) is 5.95. The van der Waals surface area contributed by atoms with Gasteiger partial charge in [-0.2, -0.15) is 4.99 Å². The fourth-order valence-corrected chi connectivity index (χ4v) is 3.29. The number of nitrogens with zero attached hydrogens (tertiary/aromatic N) is 3. The Morgan fingerprint density at radius 1 is 1.15 bits per heavy atom. The number of halogens is 1. The van der Waals surface area contributed by atoms with Crippen molar-refractivity contribution in [1.82, 2.24) is 9.47 Å². The number of ether oxygens (including phenoxy) is 2. The van der Waals surface area contributed by atoms with Crippen molar-refractivity contribution < 1.29 is 19.1 Å². The van der Waals surface area contributed by atoms with Crippen LogP contribution >= 0.6 is 35.2 Å². The summed E-state index contributed by atoms with van der Waals surface area (Å²) in [6.07, 6.45) is 0. The molecule has 7 nitrogen and oxygen atoms in total. The molecule has 0 aliphatic heterocycles. The number of methoxy groups -OCH3 is 2. The van der Waals surface area contributed by atoms with Gasteiger partial charge < -0.3 is 14.4 Å². The number of carbonyl (C=O) groups is 2. The van der Waals surface area contributed by atoms with E-state index in [1.807, 2.05) is 0 Å². The second kappa shape index (κ2) is 8.43. The van der Waals surface area contributed by atoms with Crippen LogP contribution in [0.4, 0.5) is 0 Å². The van der Waals surface area contributed by atoms with Gasteiger partial charge in [-0.05, 0) is 36.5 Å². The van der Waals surface area contributed by atoms with Gasteiger partial charge in [0.05, 0.1) is 14.2 Å². The zero-order chi connectivity index (χ0) is 19.4. The third kappa shape index (κ3) is 4.12. The standard InChI is InChI=1S/C16H16ClN3O4S2/c1-19(2)15(25)18-16-20(10-7-5-9(17)6-8-10)11(13(21)23-3)12(26-16)14(22)24-4/h5-8H,1-4H3. The number of esters is 2. The Hall–Kier alpha value is -2.23. The Balaban J connectivity index is 2.88. The Labute approximate surface area is 164 Å². The van der Waals surface area contributed by atoms with E-state index < -0.39 is 11.9 Å². The molecule has 0 aliphatic carbocycles. The number of aromatic nitrogens is 1. The molecule has 0 amide bonds. The monoisotopic (exact) mass is 413 g/mol. The number of thiazole rings is 1. The number of hydrogen-bond acceptors (Lipinski definition) is 6. The number of carbonyl (C=O) groups excluding carboxylic acids is 2. The summed E-state index contributed by atoms with van der Waals surface area (Å²) in [6.45, 7) is 0. The number of rotatable bonds is 3. The smallest absolute Gasteiger partial charge is 0.356 e. The maximum atomic E-state index is 12.4. The lowest BCUT2D eigenvalue weighted by Crippen LogP contribution is -2.25. The topological polar surface area (TPSA) is 73.1 Å². The summed E-state index contributed by atoms with van der Waals surface area (Å²) in [4.78, 5) is 31.0. The van der Waals surface area contributed by atoms with Gasteiger partial charge in [0.25, 0.3) is 0 Å². The zero-order valence-corrected chi connectivity index (χ0v) is 16.9. The molecule has 2 rings (SSSR count). The molecule has 10 heteroatoms. The lowest BCUT2D eigenvalue weighted by molar-refractivity contribution is 0.0552. The van der Waals surface area contributed by atoms with Gasteiger partial charge in [0.15, 0.2) is 15.6 Å². The number of thiocarbonyl (C=S) groups is 1. The zero-order valence-electron chi connectivity index (χ0n) is 14.5. The van der Waals surface area contributed by atoms with E-state index in [-0.39, 0.29) is 15.7 Å². The third-order valence-corrected chi connectivity index (χ3v) is 4.96. The molecule has 1 aromatic heterocycles. The van der Waals surface area contributed by atoms with Crippen molar-refractivity contribution in [2.75, 3.05) is 28.3 Å². The first-order valence-corrected chi connectivity index (χ1v) is 8.84. The second-order valence-corrected chi connectivity index (χ2v) is 6.93. The van der Waals surface area contributed by atoms with Crippen LogP contribution in [0.15, 0.2) is 29.3 Å². The largest absolute Gasteiger partial charge is 0.465 e. The predicted molar refractivity (Wildman–Crippen MR) is 103 cm³/mol. The first-order chi connectivity index (χ1) is 12.3. The molecule has 0 bridgehead atoms. The first kappa shape index (κ1) is 20.1. The molecule has 0 atom stereocenters. The van der Waals surface area contributed by atoms with E-state index in [0.29, 0.717) is 15.5 Å². The highest BCUT2D eigenvalue weighted by molar-refractivity contribution is 7.80. The van der Waals surface area contributed by atoms with Crippen LogP contribution in [0, 0.1) is 0 Å². The molecule has 26 heavy (non-hydrogen) atoms. The van der Waals surface area contributed by atoms with E-state index in [4.69, 9.17) is 33.3 Å². The molecule has 1 heterocycles. The Bertz CT molecular complexity index is 917. The molecular weight excluding hydrogens is 398 g/mol. The molecular formula is C16H16ClN3O4S2. The fraction of sp³-hybridized carbons (Fsp3) is 0.250. The van der Waals surface area contributed by atoms with Crippen molar-refractivity contribution in [1.29, 1.82) is 0 Å². The van der Waals surface area contributed by atoms with E-state index in [1.54, 1.807) is 43.3 Å². The average Bonchev–Trinajstić information content (AvgIpc) is 3.00. The molecule has 0 saturated heterocycles. The highest BCUT2D eigenvalue weighted by Gasteiger charge is 2.27. The van der Waals surface area contributed by atoms with Crippen LogP contribution < -0.4 is 4.80 Å². The Morgan fingerprint density at radius 3 is 2.23 bits per heavy atom. The van der Waals surface area contributed by atoms with Crippen LogP contribution in [-0.2, 0) is 9.47 Å². The summed E-state index contributed by atoms with van der Waals surface area (Å²) < 4.78 is 11.1. The predicted octanol–water partition coefficient (Wildman–Crippen LogP) is 2.51. The van der Waals surface area contributed by atoms with Gasteiger partial charge in [0.2, 0.25) is 0 Å². The van der Waals surface area contributed by atoms with Crippen molar-refractivity contribution in [2.45, 2.75) is 0 Å². The normalized spacial score (nSPS) is 11.2. The summed E-state index contributed by atoms with van der Waals surface area (Å²) in [5.74, 6) is -1.37. The highest BCUT2D eigenvalue weighted by atomic mass is 35.5. The molecule has 1 aromatic carbocycles.